The molecule has 1 aliphatic heterocycles. The van der Waals surface area contributed by atoms with E-state index in [1.807, 2.05) is 30.3 Å². The van der Waals surface area contributed by atoms with Crippen molar-refractivity contribution in [2.24, 2.45) is 10.9 Å². The second-order valence-electron chi connectivity index (χ2n) is 5.65. The number of nitrogens with zero attached hydrogens (tertiary/aromatic N) is 1. The molecule has 4 nitrogen and oxygen atoms in total. The topological polar surface area (TPSA) is 55.7 Å². The predicted molar refractivity (Wildman–Crippen MR) is 74.4 cm³/mol. The van der Waals surface area contributed by atoms with Crippen molar-refractivity contribution in [2.45, 2.75) is 38.1 Å². The van der Waals surface area contributed by atoms with Crippen molar-refractivity contribution in [1.82, 2.24) is 0 Å². The summed E-state index contributed by atoms with van der Waals surface area (Å²) in [7, 11) is 0. The summed E-state index contributed by atoms with van der Waals surface area (Å²) >= 11 is 0. The summed E-state index contributed by atoms with van der Waals surface area (Å²) in [5.41, 5.74) is -0.118. The summed E-state index contributed by atoms with van der Waals surface area (Å²) in [6, 6.07) is 9.39. The van der Waals surface area contributed by atoms with Crippen molar-refractivity contribution in [3.63, 3.8) is 0 Å². The lowest BCUT2D eigenvalue weighted by Crippen LogP contribution is -2.41. The fourth-order valence-electron chi connectivity index (χ4n) is 2.94. The van der Waals surface area contributed by atoms with Crippen LogP contribution >= 0.6 is 0 Å². The van der Waals surface area contributed by atoms with E-state index in [0.717, 1.165) is 18.4 Å². The standard InChI is InChI=1S/C16H17NO3/c1-16(12-8-5-9-13(18)10-12)15(19)20-14(17-16)11-6-3-2-4-7-11/h2-4,6-7,12H,5,8-10H2,1H3/t12-,16+/m0/s1. The summed E-state index contributed by atoms with van der Waals surface area (Å²) in [4.78, 5) is 28.4. The normalized spacial score (nSPS) is 30.1. The largest absolute Gasteiger partial charge is 0.405 e. The van der Waals surface area contributed by atoms with E-state index in [2.05, 4.69) is 4.99 Å². The molecule has 0 spiro atoms. The van der Waals surface area contributed by atoms with E-state index in [0.29, 0.717) is 18.7 Å². The number of ether oxygens (including phenoxy) is 1. The molecule has 0 amide bonds. The van der Waals surface area contributed by atoms with Crippen LogP contribution in [-0.4, -0.2) is 23.2 Å². The lowest BCUT2D eigenvalue weighted by Gasteiger charge is -2.30. The van der Waals surface area contributed by atoms with E-state index >= 15 is 0 Å². The third kappa shape index (κ3) is 2.15. The monoisotopic (exact) mass is 271 g/mol. The minimum atomic E-state index is -0.915. The van der Waals surface area contributed by atoms with E-state index in [1.165, 1.54) is 0 Å². The van der Waals surface area contributed by atoms with Gasteiger partial charge in [-0.25, -0.2) is 9.79 Å². The molecule has 104 valence electrons. The van der Waals surface area contributed by atoms with Gasteiger partial charge in [-0.1, -0.05) is 18.2 Å². The Labute approximate surface area is 117 Å². The van der Waals surface area contributed by atoms with Crippen LogP contribution in [0.3, 0.4) is 0 Å². The molecule has 1 aliphatic carbocycles. The highest BCUT2D eigenvalue weighted by atomic mass is 16.6. The van der Waals surface area contributed by atoms with E-state index in [9.17, 15) is 9.59 Å². The molecule has 0 saturated heterocycles. The van der Waals surface area contributed by atoms with E-state index in [4.69, 9.17) is 4.74 Å². The van der Waals surface area contributed by atoms with Crippen LogP contribution in [0.5, 0.6) is 0 Å². The Morgan fingerprint density at radius 2 is 2.00 bits per heavy atom. The van der Waals surface area contributed by atoms with Gasteiger partial charge in [0.2, 0.25) is 5.90 Å². The number of aliphatic imine (C=N–C) groups is 1. The summed E-state index contributed by atoms with van der Waals surface area (Å²) in [5.74, 6) is 0.211. The Balaban J connectivity index is 1.91. The summed E-state index contributed by atoms with van der Waals surface area (Å²) in [5, 5.41) is 0. The third-order valence-electron chi connectivity index (χ3n) is 4.23. The van der Waals surface area contributed by atoms with Crippen molar-refractivity contribution in [2.75, 3.05) is 0 Å². The van der Waals surface area contributed by atoms with Gasteiger partial charge < -0.3 is 4.74 Å². The molecule has 1 aromatic carbocycles. The number of esters is 1. The first kappa shape index (κ1) is 13.0. The van der Waals surface area contributed by atoms with Crippen molar-refractivity contribution < 1.29 is 14.3 Å². The molecule has 1 saturated carbocycles. The van der Waals surface area contributed by atoms with Crippen molar-refractivity contribution in [3.05, 3.63) is 35.9 Å². The zero-order valence-electron chi connectivity index (χ0n) is 11.5. The van der Waals surface area contributed by atoms with Crippen LogP contribution < -0.4 is 0 Å². The van der Waals surface area contributed by atoms with Gasteiger partial charge in [0.15, 0.2) is 5.54 Å². The number of hydrogen-bond acceptors (Lipinski definition) is 4. The predicted octanol–water partition coefficient (Wildman–Crippen LogP) is 2.51. The molecule has 0 bridgehead atoms. The van der Waals surface area contributed by atoms with Gasteiger partial charge in [-0.3, -0.25) is 4.79 Å². The molecule has 4 heteroatoms. The Morgan fingerprint density at radius 3 is 2.70 bits per heavy atom. The first-order chi connectivity index (χ1) is 9.59. The van der Waals surface area contributed by atoms with E-state index < -0.39 is 5.54 Å². The lowest BCUT2D eigenvalue weighted by atomic mass is 9.76. The Morgan fingerprint density at radius 1 is 1.25 bits per heavy atom. The average Bonchev–Trinajstić information content (AvgIpc) is 2.77. The molecule has 20 heavy (non-hydrogen) atoms. The molecule has 1 aromatic rings. The van der Waals surface area contributed by atoms with Crippen LogP contribution in [0.25, 0.3) is 0 Å². The molecule has 3 rings (SSSR count). The minimum absolute atomic E-state index is 0.0440. The number of carbonyl (C=O) groups is 2. The summed E-state index contributed by atoms with van der Waals surface area (Å²) < 4.78 is 5.35. The molecule has 2 atom stereocenters. The first-order valence-corrected chi connectivity index (χ1v) is 6.99. The summed E-state index contributed by atoms with van der Waals surface area (Å²) in [6.07, 6.45) is 2.74. The quantitative estimate of drug-likeness (QED) is 0.777. The smallest absolute Gasteiger partial charge is 0.340 e. The van der Waals surface area contributed by atoms with Crippen molar-refractivity contribution >= 4 is 17.7 Å². The van der Waals surface area contributed by atoms with Crippen molar-refractivity contribution in [3.8, 4) is 0 Å². The number of Topliss-reactive ketones (excluding diaryl/α,β-unsaturated/α-hetero) is 1. The molecule has 0 unspecified atom stereocenters. The zero-order valence-corrected chi connectivity index (χ0v) is 11.5. The van der Waals surface area contributed by atoms with Gasteiger partial charge in [0.05, 0.1) is 0 Å². The maximum Gasteiger partial charge on any atom is 0.340 e. The van der Waals surface area contributed by atoms with Crippen LogP contribution in [0.1, 0.15) is 38.2 Å². The first-order valence-electron chi connectivity index (χ1n) is 6.99. The second kappa shape index (κ2) is 4.85. The van der Waals surface area contributed by atoms with Gasteiger partial charge in [-0.2, -0.15) is 0 Å². The number of benzene rings is 1. The number of cyclic esters (lactones) is 1. The Hall–Kier alpha value is -1.97. The van der Waals surface area contributed by atoms with Gasteiger partial charge in [0.1, 0.15) is 5.78 Å². The van der Waals surface area contributed by atoms with Crippen LogP contribution in [0.4, 0.5) is 0 Å². The third-order valence-corrected chi connectivity index (χ3v) is 4.23. The van der Waals surface area contributed by atoms with E-state index in [1.54, 1.807) is 6.92 Å². The fraction of sp³-hybridized carbons (Fsp3) is 0.438. The zero-order chi connectivity index (χ0) is 14.2. The highest BCUT2D eigenvalue weighted by molar-refractivity contribution is 6.08. The molecular weight excluding hydrogens is 254 g/mol. The molecule has 2 aliphatic rings. The number of ketones is 1. The Bertz CT molecular complexity index is 579. The van der Waals surface area contributed by atoms with Crippen LogP contribution in [-0.2, 0) is 14.3 Å². The fourth-order valence-corrected chi connectivity index (χ4v) is 2.94. The molecule has 1 heterocycles. The maximum atomic E-state index is 12.2. The molecule has 1 fully saturated rings. The highest BCUT2D eigenvalue weighted by Crippen LogP contribution is 2.38. The highest BCUT2D eigenvalue weighted by Gasteiger charge is 2.49. The number of rotatable bonds is 2. The molecule has 0 radical (unpaired) electrons. The van der Waals surface area contributed by atoms with Gasteiger partial charge in [-0.15, -0.1) is 0 Å². The number of carbonyl (C=O) groups excluding carboxylic acids is 2. The van der Waals surface area contributed by atoms with Crippen molar-refractivity contribution in [1.29, 1.82) is 0 Å². The average molecular weight is 271 g/mol. The molecular formula is C16H17NO3. The van der Waals surface area contributed by atoms with Crippen LogP contribution in [0.2, 0.25) is 0 Å². The minimum Gasteiger partial charge on any atom is -0.405 e. The number of hydrogen-bond donors (Lipinski definition) is 0. The Kier molecular flexibility index (Phi) is 3.16. The second-order valence-corrected chi connectivity index (χ2v) is 5.65. The van der Waals surface area contributed by atoms with Gasteiger partial charge in [-0.05, 0) is 31.9 Å². The van der Waals surface area contributed by atoms with Gasteiger partial charge in [0, 0.05) is 24.3 Å². The van der Waals surface area contributed by atoms with Crippen LogP contribution in [0, 0.1) is 5.92 Å². The molecule has 0 N–H and O–H groups in total. The summed E-state index contributed by atoms with van der Waals surface area (Å²) in [6.45, 7) is 1.79. The van der Waals surface area contributed by atoms with Gasteiger partial charge >= 0.3 is 5.97 Å². The maximum absolute atomic E-state index is 12.2. The SMILES string of the molecule is C[C@]1([C@H]2CCCC(=O)C2)N=C(c2ccccc2)OC1=O. The lowest BCUT2D eigenvalue weighted by molar-refractivity contribution is -0.141. The van der Waals surface area contributed by atoms with Gasteiger partial charge in [0.25, 0.3) is 0 Å². The van der Waals surface area contributed by atoms with Crippen LogP contribution in [0.15, 0.2) is 35.3 Å². The molecule has 0 aromatic heterocycles. The van der Waals surface area contributed by atoms with E-state index in [-0.39, 0.29) is 17.7 Å².